The van der Waals surface area contributed by atoms with Crippen molar-refractivity contribution in [2.75, 3.05) is 5.75 Å². The van der Waals surface area contributed by atoms with Gasteiger partial charge in [0.25, 0.3) is 0 Å². The number of hydrogen-bond acceptors (Lipinski definition) is 3. The molecule has 1 aromatic rings. The second kappa shape index (κ2) is 5.22. The van der Waals surface area contributed by atoms with Crippen molar-refractivity contribution in [3.63, 3.8) is 0 Å². The van der Waals surface area contributed by atoms with Gasteiger partial charge in [-0.15, -0.1) is 0 Å². The minimum absolute atomic E-state index is 0.0637. The molecule has 1 aliphatic rings. The van der Waals surface area contributed by atoms with Gasteiger partial charge in [0, 0.05) is 12.0 Å². The van der Waals surface area contributed by atoms with E-state index in [1.165, 1.54) is 6.08 Å². The molecule has 0 aromatic heterocycles. The first-order valence-corrected chi connectivity index (χ1v) is 7.26. The molecule has 6 heteroatoms. The first kappa shape index (κ1) is 12.6. The Kier molecular flexibility index (Phi) is 3.66. The van der Waals surface area contributed by atoms with E-state index in [1.54, 1.807) is 0 Å². The first-order valence-electron chi connectivity index (χ1n) is 5.54. The summed E-state index contributed by atoms with van der Waals surface area (Å²) in [6.45, 7) is 0.413. The number of nitrogens with one attached hydrogen (secondary N) is 2. The molecule has 2 N–H and O–H groups in total. The van der Waals surface area contributed by atoms with Crippen LogP contribution in [0.25, 0.3) is 0 Å². The van der Waals surface area contributed by atoms with E-state index in [4.69, 9.17) is 0 Å². The van der Waals surface area contributed by atoms with Gasteiger partial charge in [-0.3, -0.25) is 0 Å². The number of carbonyl (C=O) groups excluding carboxylic acids is 1. The summed E-state index contributed by atoms with van der Waals surface area (Å²) in [7, 11) is -3.13. The fourth-order valence-corrected chi connectivity index (χ4v) is 2.90. The Morgan fingerprint density at radius 2 is 2.00 bits per heavy atom. The SMILES string of the molecule is O=C(NCc1ccccc1)NC1C=CS(=O)(=O)C1. The molecule has 96 valence electrons. The molecule has 2 amide bonds. The zero-order chi connectivity index (χ0) is 13.0. The number of amides is 2. The van der Waals surface area contributed by atoms with Crippen LogP contribution in [0, 0.1) is 0 Å². The molecule has 2 rings (SSSR count). The van der Waals surface area contributed by atoms with Crippen molar-refractivity contribution in [1.82, 2.24) is 10.6 Å². The number of benzene rings is 1. The van der Waals surface area contributed by atoms with Crippen LogP contribution in [0.5, 0.6) is 0 Å². The standard InChI is InChI=1S/C12H14N2O3S/c15-12(13-8-10-4-2-1-3-5-10)14-11-6-7-18(16,17)9-11/h1-7,11H,8-9H2,(H2,13,14,15). The summed E-state index contributed by atoms with van der Waals surface area (Å²) in [5, 5.41) is 6.40. The van der Waals surface area contributed by atoms with E-state index in [2.05, 4.69) is 10.6 Å². The second-order valence-corrected chi connectivity index (χ2v) is 6.01. The Labute approximate surface area is 106 Å². The van der Waals surface area contributed by atoms with Gasteiger partial charge in [-0.25, -0.2) is 13.2 Å². The van der Waals surface area contributed by atoms with Crippen molar-refractivity contribution in [2.45, 2.75) is 12.6 Å². The smallest absolute Gasteiger partial charge is 0.315 e. The van der Waals surface area contributed by atoms with Gasteiger partial charge in [0.15, 0.2) is 9.84 Å². The molecule has 1 atom stereocenters. The molecule has 0 fully saturated rings. The van der Waals surface area contributed by atoms with Crippen molar-refractivity contribution in [3.8, 4) is 0 Å². The fourth-order valence-electron chi connectivity index (χ4n) is 1.66. The Morgan fingerprint density at radius 1 is 1.28 bits per heavy atom. The summed E-state index contributed by atoms with van der Waals surface area (Å²) in [5.41, 5.74) is 0.988. The molecular formula is C12H14N2O3S. The highest BCUT2D eigenvalue weighted by Gasteiger charge is 2.22. The summed E-state index contributed by atoms with van der Waals surface area (Å²) in [5.74, 6) is -0.0637. The minimum atomic E-state index is -3.13. The molecule has 1 aromatic carbocycles. The highest BCUT2D eigenvalue weighted by atomic mass is 32.2. The molecular weight excluding hydrogens is 252 g/mol. The van der Waals surface area contributed by atoms with Gasteiger partial charge < -0.3 is 10.6 Å². The Morgan fingerprint density at radius 3 is 2.61 bits per heavy atom. The summed E-state index contributed by atoms with van der Waals surface area (Å²) in [6, 6.07) is 8.68. The van der Waals surface area contributed by atoms with Crippen molar-refractivity contribution >= 4 is 15.9 Å². The number of hydrogen-bond donors (Lipinski definition) is 2. The van der Waals surface area contributed by atoms with Gasteiger partial charge >= 0.3 is 6.03 Å². The van der Waals surface area contributed by atoms with E-state index >= 15 is 0 Å². The van der Waals surface area contributed by atoms with E-state index < -0.39 is 15.9 Å². The van der Waals surface area contributed by atoms with Gasteiger partial charge in [-0.05, 0) is 11.6 Å². The Balaban J connectivity index is 1.79. The molecule has 0 saturated heterocycles. The quantitative estimate of drug-likeness (QED) is 0.849. The zero-order valence-electron chi connectivity index (χ0n) is 9.67. The lowest BCUT2D eigenvalue weighted by Gasteiger charge is -2.11. The molecule has 5 nitrogen and oxygen atoms in total. The summed E-state index contributed by atoms with van der Waals surface area (Å²) < 4.78 is 22.3. The van der Waals surface area contributed by atoms with Crippen molar-refractivity contribution in [2.24, 2.45) is 0 Å². The molecule has 18 heavy (non-hydrogen) atoms. The molecule has 0 radical (unpaired) electrons. The van der Waals surface area contributed by atoms with E-state index in [9.17, 15) is 13.2 Å². The molecule has 0 bridgehead atoms. The van der Waals surface area contributed by atoms with Gasteiger partial charge in [0.05, 0.1) is 11.8 Å². The van der Waals surface area contributed by atoms with Crippen molar-refractivity contribution in [1.29, 1.82) is 0 Å². The largest absolute Gasteiger partial charge is 0.334 e. The minimum Gasteiger partial charge on any atom is -0.334 e. The van der Waals surface area contributed by atoms with Gasteiger partial charge in [-0.1, -0.05) is 30.3 Å². The van der Waals surface area contributed by atoms with E-state index in [0.717, 1.165) is 11.0 Å². The van der Waals surface area contributed by atoms with Crippen LogP contribution in [0.2, 0.25) is 0 Å². The molecule has 1 heterocycles. The lowest BCUT2D eigenvalue weighted by molar-refractivity contribution is 0.239. The third-order valence-corrected chi connectivity index (χ3v) is 3.94. The lowest BCUT2D eigenvalue weighted by atomic mass is 10.2. The Hall–Kier alpha value is -1.82. The van der Waals surface area contributed by atoms with Gasteiger partial charge in [0.2, 0.25) is 0 Å². The fraction of sp³-hybridized carbons (Fsp3) is 0.250. The predicted octanol–water partition coefficient (Wildman–Crippen LogP) is 0.796. The molecule has 1 unspecified atom stereocenters. The monoisotopic (exact) mass is 266 g/mol. The molecule has 0 spiro atoms. The van der Waals surface area contributed by atoms with Crippen LogP contribution in [0.3, 0.4) is 0 Å². The first-order chi connectivity index (χ1) is 8.55. The molecule has 0 aliphatic carbocycles. The summed E-state index contributed by atoms with van der Waals surface area (Å²) in [6.07, 6.45) is 1.48. The van der Waals surface area contributed by atoms with Crippen molar-refractivity contribution < 1.29 is 13.2 Å². The highest BCUT2D eigenvalue weighted by Crippen LogP contribution is 2.07. The number of carbonyl (C=O) groups is 1. The van der Waals surface area contributed by atoms with E-state index in [1.807, 2.05) is 30.3 Å². The van der Waals surface area contributed by atoms with Crippen LogP contribution in [0.1, 0.15) is 5.56 Å². The van der Waals surface area contributed by atoms with Crippen LogP contribution in [-0.2, 0) is 16.4 Å². The highest BCUT2D eigenvalue weighted by molar-refractivity contribution is 7.94. The Bertz CT molecular complexity index is 552. The number of rotatable bonds is 3. The second-order valence-electron chi connectivity index (χ2n) is 4.08. The normalized spacial score (nSPS) is 20.6. The zero-order valence-corrected chi connectivity index (χ0v) is 10.5. The maximum atomic E-state index is 11.5. The van der Waals surface area contributed by atoms with Crippen LogP contribution < -0.4 is 10.6 Å². The molecule has 0 saturated carbocycles. The van der Waals surface area contributed by atoms with Gasteiger partial charge in [0.1, 0.15) is 0 Å². The molecule has 1 aliphatic heterocycles. The maximum Gasteiger partial charge on any atom is 0.315 e. The van der Waals surface area contributed by atoms with Crippen molar-refractivity contribution in [3.05, 3.63) is 47.4 Å². The van der Waals surface area contributed by atoms with Crippen LogP contribution in [-0.4, -0.2) is 26.2 Å². The number of sulfone groups is 1. The van der Waals surface area contributed by atoms with Crippen LogP contribution in [0.4, 0.5) is 4.79 Å². The lowest BCUT2D eigenvalue weighted by Crippen LogP contribution is -2.42. The maximum absolute atomic E-state index is 11.5. The van der Waals surface area contributed by atoms with Crippen LogP contribution in [0.15, 0.2) is 41.8 Å². The van der Waals surface area contributed by atoms with E-state index in [-0.39, 0.29) is 11.8 Å². The predicted molar refractivity (Wildman–Crippen MR) is 68.5 cm³/mol. The average molecular weight is 266 g/mol. The van der Waals surface area contributed by atoms with Gasteiger partial charge in [-0.2, -0.15) is 0 Å². The van der Waals surface area contributed by atoms with Crippen LogP contribution >= 0.6 is 0 Å². The van der Waals surface area contributed by atoms with E-state index in [0.29, 0.717) is 6.54 Å². The summed E-state index contributed by atoms with van der Waals surface area (Å²) in [4.78, 5) is 11.5. The number of urea groups is 1. The summed E-state index contributed by atoms with van der Waals surface area (Å²) >= 11 is 0. The average Bonchev–Trinajstić information content (AvgIpc) is 2.67. The third-order valence-electron chi connectivity index (χ3n) is 2.54. The third kappa shape index (κ3) is 3.59. The topological polar surface area (TPSA) is 75.3 Å².